The summed E-state index contributed by atoms with van der Waals surface area (Å²) in [6.07, 6.45) is -1.000. The van der Waals surface area contributed by atoms with Gasteiger partial charge in [0.05, 0.1) is 41.0 Å². The zero-order valence-electron chi connectivity index (χ0n) is 30.4. The van der Waals surface area contributed by atoms with Gasteiger partial charge < -0.3 is 39.4 Å². The number of halogens is 1. The Balaban J connectivity index is 1.73. The average Bonchev–Trinajstić information content (AvgIpc) is 2.91. The molecule has 1 aliphatic heterocycles. The minimum atomic E-state index is -5.04. The fraction of sp³-hybridized carbons (Fsp3) is 0.304. The highest BCUT2D eigenvalue weighted by molar-refractivity contribution is 7.46. The molecule has 4 rings (SSSR count). The van der Waals surface area contributed by atoms with Crippen molar-refractivity contribution in [3.63, 3.8) is 0 Å². The van der Waals surface area contributed by atoms with Crippen LogP contribution >= 0.6 is 7.82 Å². The second kappa shape index (κ2) is 11.1. The van der Waals surface area contributed by atoms with Crippen molar-refractivity contribution in [1.29, 1.82) is 0 Å². The van der Waals surface area contributed by atoms with Gasteiger partial charge in [0.25, 0.3) is 5.91 Å². The number of amides is 1. The van der Waals surface area contributed by atoms with Crippen molar-refractivity contribution in [2.45, 2.75) is 19.4 Å². The lowest BCUT2D eigenvalue weighted by Gasteiger charge is -2.37. The molecule has 2 aromatic heterocycles. The number of phosphoric acid groups is 1. The molecule has 15 nitrogen and oxygen atoms in total. The molecule has 40 heavy (non-hydrogen) atoms. The van der Waals surface area contributed by atoms with Crippen LogP contribution in [0.4, 0.5) is 33.5 Å². The lowest BCUT2D eigenvalue weighted by molar-refractivity contribution is -0.133. The van der Waals surface area contributed by atoms with Crippen molar-refractivity contribution < 1.29 is 60.7 Å². The lowest BCUT2D eigenvalue weighted by atomic mass is 10.1. The molecule has 214 valence electrons. The number of carbonyl (C=O) groups is 1. The minimum Gasteiger partial charge on any atom is -0.493 e. The van der Waals surface area contributed by atoms with E-state index in [1.54, 1.807) is 0 Å². The molecule has 1 aromatic carbocycles. The Morgan fingerprint density at radius 1 is 1.15 bits per heavy atom. The van der Waals surface area contributed by atoms with E-state index >= 15 is 4.39 Å². The molecular formula is C23H26FN6O9P. The fourth-order valence-electron chi connectivity index (χ4n) is 3.40. The largest absolute Gasteiger partial charge is 0.493 e. The van der Waals surface area contributed by atoms with Gasteiger partial charge in [-0.05, 0) is 26.0 Å². The third-order valence-corrected chi connectivity index (χ3v) is 5.56. The maximum Gasteiger partial charge on any atom is 0.471 e. The number of carbonyl (C=O) groups excluding carboxylic acids is 1. The molecule has 0 atom stereocenters. The fourth-order valence-corrected chi connectivity index (χ4v) is 3.66. The third-order valence-electron chi connectivity index (χ3n) is 5.11. The standard InChI is InChI=1S/C23H26FN6O9P/c1-23(2)21(31)30(11-38-40(32,33)34)20-14(39-23)6-7-17(28-20)27-19-13(24)10-25-22(29-19)26-12-8-15(35-3)18(37-5)16(9-12)36-4/h6-10H,11H2,1-5H3,(H2,32,33,34)(H2,25,26,27,28,29)/i3D3,4D3,5D3,10D. The molecule has 0 fully saturated rings. The summed E-state index contributed by atoms with van der Waals surface area (Å²) in [7, 11) is -14.7. The van der Waals surface area contributed by atoms with E-state index in [1.807, 2.05) is 0 Å². The molecule has 1 amide bonds. The summed E-state index contributed by atoms with van der Waals surface area (Å²) in [5.41, 5.74) is -1.80. The molecule has 0 unspecified atom stereocenters. The van der Waals surface area contributed by atoms with Gasteiger partial charge in [0.1, 0.15) is 12.5 Å². The number of hydrogen-bond donors (Lipinski definition) is 4. The maximum atomic E-state index is 15.1. The first-order valence-electron chi connectivity index (χ1n) is 15.8. The SMILES string of the molecule is [2H]c1nc(Nc2cc(OC([2H])([2H])[2H])c(OC([2H])([2H])[2H])c(OC([2H])([2H])[2H])c2)nc(Nc2ccc3c(n2)N(COP(=O)(O)O)C(=O)C(C)(C)O3)c1F. The van der Waals surface area contributed by atoms with Crippen LogP contribution in [0.2, 0.25) is 0 Å². The summed E-state index contributed by atoms with van der Waals surface area (Å²) in [6.45, 7) is 1.84. The van der Waals surface area contributed by atoms with Gasteiger partial charge in [0.15, 0.2) is 40.3 Å². The van der Waals surface area contributed by atoms with E-state index in [1.165, 1.54) is 26.0 Å². The second-order valence-electron chi connectivity index (χ2n) is 8.29. The van der Waals surface area contributed by atoms with Gasteiger partial charge in [-0.1, -0.05) is 0 Å². The average molecular weight is 591 g/mol. The first kappa shape index (κ1) is 18.2. The van der Waals surface area contributed by atoms with E-state index in [-0.39, 0.29) is 23.1 Å². The van der Waals surface area contributed by atoms with Crippen LogP contribution in [0.15, 0.2) is 30.4 Å². The number of benzene rings is 1. The summed E-state index contributed by atoms with van der Waals surface area (Å²) in [5, 5.41) is 4.96. The van der Waals surface area contributed by atoms with Crippen molar-refractivity contribution in [2.24, 2.45) is 0 Å². The van der Waals surface area contributed by atoms with E-state index < -0.39 is 88.2 Å². The van der Waals surface area contributed by atoms with E-state index in [0.717, 1.165) is 17.0 Å². The van der Waals surface area contributed by atoms with Gasteiger partial charge in [-0.25, -0.2) is 18.9 Å². The molecule has 0 saturated carbocycles. The summed E-state index contributed by atoms with van der Waals surface area (Å²) < 4.78 is 126. The number of pyridine rings is 1. The van der Waals surface area contributed by atoms with Gasteiger partial charge >= 0.3 is 7.82 Å². The van der Waals surface area contributed by atoms with Crippen LogP contribution in [-0.4, -0.2) is 64.1 Å². The Morgan fingerprint density at radius 3 is 2.50 bits per heavy atom. The van der Waals surface area contributed by atoms with Crippen molar-refractivity contribution in [3.8, 4) is 23.0 Å². The monoisotopic (exact) mass is 590 g/mol. The summed E-state index contributed by atoms with van der Waals surface area (Å²) >= 11 is 0. The number of methoxy groups -OCH3 is 3. The normalized spacial score (nSPS) is 18.8. The third kappa shape index (κ3) is 6.15. The van der Waals surface area contributed by atoms with Crippen LogP contribution in [0.3, 0.4) is 0 Å². The Kier molecular flexibility index (Phi) is 5.04. The Labute approximate surface area is 241 Å². The number of phosphoric ester groups is 1. The quantitative estimate of drug-likeness (QED) is 0.252. The van der Waals surface area contributed by atoms with Crippen molar-refractivity contribution in [1.82, 2.24) is 15.0 Å². The first-order chi connectivity index (χ1) is 22.7. The number of hydrogen-bond acceptors (Lipinski definition) is 12. The molecule has 0 aliphatic carbocycles. The minimum absolute atomic E-state index is 0.0164. The predicted molar refractivity (Wildman–Crippen MR) is 139 cm³/mol. The zero-order chi connectivity index (χ0) is 37.6. The van der Waals surface area contributed by atoms with Crippen molar-refractivity contribution in [3.05, 3.63) is 36.3 Å². The number of nitrogens with zero attached hydrogens (tertiary/aromatic N) is 4. The Hall–Kier alpha value is -4.24. The van der Waals surface area contributed by atoms with Gasteiger partial charge in [-0.2, -0.15) is 4.98 Å². The Bertz CT molecular complexity index is 1800. The summed E-state index contributed by atoms with van der Waals surface area (Å²) in [4.78, 5) is 43.8. The molecule has 0 bridgehead atoms. The van der Waals surface area contributed by atoms with Gasteiger partial charge in [0.2, 0.25) is 11.7 Å². The van der Waals surface area contributed by atoms with Crippen molar-refractivity contribution >= 4 is 42.8 Å². The molecule has 17 heteroatoms. The van der Waals surface area contributed by atoms with Crippen molar-refractivity contribution in [2.75, 3.05) is 43.4 Å². The van der Waals surface area contributed by atoms with Crippen LogP contribution in [0.25, 0.3) is 0 Å². The van der Waals surface area contributed by atoms with Crippen LogP contribution in [-0.2, 0) is 13.9 Å². The van der Waals surface area contributed by atoms with E-state index in [9.17, 15) is 9.36 Å². The van der Waals surface area contributed by atoms with Gasteiger partial charge in [-0.3, -0.25) is 14.2 Å². The van der Waals surface area contributed by atoms with Crippen LogP contribution in [0.1, 0.15) is 27.6 Å². The summed E-state index contributed by atoms with van der Waals surface area (Å²) in [6, 6.07) is 4.28. The number of aromatic nitrogens is 3. The van der Waals surface area contributed by atoms with Crippen LogP contribution in [0.5, 0.6) is 23.0 Å². The second-order valence-corrected chi connectivity index (χ2v) is 9.53. The van der Waals surface area contributed by atoms with E-state index in [2.05, 4.69) is 30.1 Å². The Morgan fingerprint density at radius 2 is 1.85 bits per heavy atom. The molecule has 0 radical (unpaired) electrons. The van der Waals surface area contributed by atoms with Crippen LogP contribution < -0.4 is 34.5 Å². The topological polar surface area (TPSA) is 187 Å². The number of rotatable bonds is 10. The molecule has 0 spiro atoms. The number of nitrogens with one attached hydrogen (secondary N) is 2. The molecule has 0 saturated heterocycles. The lowest BCUT2D eigenvalue weighted by Crippen LogP contribution is -2.53. The van der Waals surface area contributed by atoms with E-state index in [4.69, 9.17) is 42.4 Å². The number of anilines is 5. The molecular weight excluding hydrogens is 554 g/mol. The highest BCUT2D eigenvalue weighted by Gasteiger charge is 2.42. The van der Waals surface area contributed by atoms with Gasteiger partial charge in [-0.15, -0.1) is 0 Å². The van der Waals surface area contributed by atoms with Gasteiger partial charge in [0, 0.05) is 17.8 Å². The number of ether oxygens (including phenoxy) is 4. The summed E-state index contributed by atoms with van der Waals surface area (Å²) in [5.74, 6) is -6.43. The highest BCUT2D eigenvalue weighted by Crippen LogP contribution is 2.42. The molecule has 4 N–H and O–H groups in total. The predicted octanol–water partition coefficient (Wildman–Crippen LogP) is 3.09. The maximum absolute atomic E-state index is 15.1. The molecule has 3 heterocycles. The zero-order valence-corrected chi connectivity index (χ0v) is 21.3. The highest BCUT2D eigenvalue weighted by atomic mass is 31.2. The van der Waals surface area contributed by atoms with E-state index in [0.29, 0.717) is 0 Å². The smallest absolute Gasteiger partial charge is 0.471 e. The first-order valence-corrected chi connectivity index (χ1v) is 12.3. The molecule has 1 aliphatic rings. The van der Waals surface area contributed by atoms with Crippen LogP contribution in [0, 0.1) is 5.82 Å². The molecule has 3 aromatic rings. The number of fused-ring (bicyclic) bond motifs is 1.